The van der Waals surface area contributed by atoms with Gasteiger partial charge in [-0.2, -0.15) is 4.98 Å². The molecule has 29 heavy (non-hydrogen) atoms. The lowest BCUT2D eigenvalue weighted by Crippen LogP contribution is -2.17. The summed E-state index contributed by atoms with van der Waals surface area (Å²) in [6.07, 6.45) is 0.230. The number of nitrogens with one attached hydrogen (secondary N) is 1. The molecule has 0 radical (unpaired) electrons. The number of benzene rings is 2. The number of carbonyl (C=O) groups excluding carboxylic acids is 1. The zero-order valence-corrected chi connectivity index (χ0v) is 17.0. The predicted octanol–water partition coefficient (Wildman–Crippen LogP) is 4.21. The highest BCUT2D eigenvalue weighted by molar-refractivity contribution is 5.92. The van der Waals surface area contributed by atoms with Gasteiger partial charge < -0.3 is 5.32 Å². The molecule has 2 aromatic heterocycles. The Hall–Kier alpha value is -3.54. The van der Waals surface area contributed by atoms with E-state index in [1.165, 1.54) is 5.56 Å². The molecular weight excluding hydrogens is 362 g/mol. The van der Waals surface area contributed by atoms with Crippen molar-refractivity contribution in [3.05, 3.63) is 76.6 Å². The molecule has 1 N–H and O–H groups in total. The predicted molar refractivity (Wildman–Crippen MR) is 114 cm³/mol. The molecule has 0 bridgehead atoms. The van der Waals surface area contributed by atoms with E-state index in [1.54, 1.807) is 4.52 Å². The molecule has 0 spiro atoms. The van der Waals surface area contributed by atoms with Gasteiger partial charge in [0.1, 0.15) is 0 Å². The first kappa shape index (κ1) is 18.8. The van der Waals surface area contributed by atoms with Crippen LogP contribution in [0.15, 0.2) is 48.5 Å². The Morgan fingerprint density at radius 1 is 0.966 bits per heavy atom. The van der Waals surface area contributed by atoms with Crippen molar-refractivity contribution in [2.24, 2.45) is 0 Å². The van der Waals surface area contributed by atoms with Crippen molar-refractivity contribution in [3.8, 4) is 11.4 Å². The molecule has 4 rings (SSSR count). The third-order valence-corrected chi connectivity index (χ3v) is 5.00. The Bertz CT molecular complexity index is 1210. The quantitative estimate of drug-likeness (QED) is 0.571. The first-order chi connectivity index (χ1) is 13.9. The minimum Gasteiger partial charge on any atom is -0.326 e. The van der Waals surface area contributed by atoms with Gasteiger partial charge in [-0.25, -0.2) is 9.50 Å². The lowest BCUT2D eigenvalue weighted by Gasteiger charge is -2.11. The number of aryl methyl sites for hydroxylation is 4. The van der Waals surface area contributed by atoms with Crippen molar-refractivity contribution in [2.45, 2.75) is 34.1 Å². The topological polar surface area (TPSA) is 72.2 Å². The van der Waals surface area contributed by atoms with E-state index in [4.69, 9.17) is 0 Å². The molecular formula is C23H23N5O. The van der Waals surface area contributed by atoms with Crippen LogP contribution in [0.2, 0.25) is 0 Å². The molecule has 0 atom stereocenters. The highest BCUT2D eigenvalue weighted by atomic mass is 16.1. The molecule has 0 fully saturated rings. The van der Waals surface area contributed by atoms with Gasteiger partial charge in [-0.15, -0.1) is 5.10 Å². The third kappa shape index (κ3) is 3.87. The fourth-order valence-corrected chi connectivity index (χ4v) is 3.38. The minimum absolute atomic E-state index is 0.0816. The van der Waals surface area contributed by atoms with E-state index in [1.807, 2.05) is 76.2 Å². The summed E-state index contributed by atoms with van der Waals surface area (Å²) in [6.45, 7) is 7.90. The van der Waals surface area contributed by atoms with Crippen LogP contribution in [0.3, 0.4) is 0 Å². The molecule has 2 heterocycles. The van der Waals surface area contributed by atoms with Crippen molar-refractivity contribution in [3.63, 3.8) is 0 Å². The number of rotatable bonds is 4. The van der Waals surface area contributed by atoms with Crippen LogP contribution >= 0.6 is 0 Å². The Morgan fingerprint density at radius 3 is 2.45 bits per heavy atom. The summed E-state index contributed by atoms with van der Waals surface area (Å²) in [5.41, 5.74) is 6.55. The lowest BCUT2D eigenvalue weighted by atomic mass is 10.1. The number of fused-ring (bicyclic) bond motifs is 1. The maximum atomic E-state index is 12.6. The molecule has 0 saturated carbocycles. The Kier molecular flexibility index (Phi) is 4.84. The average molecular weight is 385 g/mol. The molecule has 6 nitrogen and oxygen atoms in total. The summed E-state index contributed by atoms with van der Waals surface area (Å²) in [6, 6.07) is 15.8. The molecule has 0 aliphatic rings. The number of aromatic nitrogens is 4. The van der Waals surface area contributed by atoms with Gasteiger partial charge in [-0.3, -0.25) is 4.79 Å². The number of hydrogen-bond donors (Lipinski definition) is 1. The van der Waals surface area contributed by atoms with Crippen LogP contribution in [0.25, 0.3) is 17.2 Å². The maximum Gasteiger partial charge on any atom is 0.253 e. The second-order valence-electron chi connectivity index (χ2n) is 7.37. The molecule has 146 valence electrons. The molecule has 0 aliphatic heterocycles. The molecule has 0 unspecified atom stereocenters. The molecule has 0 saturated heterocycles. The van der Waals surface area contributed by atoms with E-state index < -0.39 is 0 Å². The first-order valence-corrected chi connectivity index (χ1v) is 9.57. The van der Waals surface area contributed by atoms with Crippen molar-refractivity contribution in [1.29, 1.82) is 0 Å². The van der Waals surface area contributed by atoms with Gasteiger partial charge in [0.15, 0.2) is 5.82 Å². The lowest BCUT2D eigenvalue weighted by molar-refractivity contribution is -0.115. The smallest absolute Gasteiger partial charge is 0.253 e. The highest BCUT2D eigenvalue weighted by Gasteiger charge is 2.17. The summed E-state index contributed by atoms with van der Waals surface area (Å²) >= 11 is 0. The van der Waals surface area contributed by atoms with Crippen LogP contribution in [0, 0.1) is 27.7 Å². The van der Waals surface area contributed by atoms with Crippen molar-refractivity contribution in [2.75, 3.05) is 5.32 Å². The van der Waals surface area contributed by atoms with Crippen LogP contribution in [-0.4, -0.2) is 25.5 Å². The van der Waals surface area contributed by atoms with Gasteiger partial charge >= 0.3 is 0 Å². The van der Waals surface area contributed by atoms with E-state index in [9.17, 15) is 4.79 Å². The Morgan fingerprint density at radius 2 is 1.72 bits per heavy atom. The van der Waals surface area contributed by atoms with Crippen LogP contribution in [0.1, 0.15) is 28.1 Å². The molecule has 2 aromatic carbocycles. The van der Waals surface area contributed by atoms with E-state index in [2.05, 4.69) is 20.4 Å². The number of nitrogens with zero attached hydrogens (tertiary/aromatic N) is 4. The van der Waals surface area contributed by atoms with Crippen LogP contribution in [0.4, 0.5) is 5.69 Å². The normalized spacial score (nSPS) is 11.0. The molecule has 1 amide bonds. The van der Waals surface area contributed by atoms with Gasteiger partial charge in [0.25, 0.3) is 5.78 Å². The molecule has 6 heteroatoms. The minimum atomic E-state index is -0.0816. The van der Waals surface area contributed by atoms with Gasteiger partial charge in [-0.05, 0) is 45.4 Å². The van der Waals surface area contributed by atoms with Crippen molar-refractivity contribution >= 4 is 17.4 Å². The number of carbonyl (C=O) groups is 1. The number of hydrogen-bond acceptors (Lipinski definition) is 4. The van der Waals surface area contributed by atoms with E-state index >= 15 is 0 Å². The summed E-state index contributed by atoms with van der Waals surface area (Å²) in [7, 11) is 0. The highest BCUT2D eigenvalue weighted by Crippen LogP contribution is 2.20. The summed E-state index contributed by atoms with van der Waals surface area (Å²) in [4.78, 5) is 21.8. The maximum absolute atomic E-state index is 12.6. The Balaban J connectivity index is 1.64. The Labute approximate surface area is 169 Å². The van der Waals surface area contributed by atoms with Crippen molar-refractivity contribution < 1.29 is 4.79 Å². The fraction of sp³-hybridized carbons (Fsp3) is 0.217. The van der Waals surface area contributed by atoms with E-state index in [-0.39, 0.29) is 12.3 Å². The number of amides is 1. The summed E-state index contributed by atoms with van der Waals surface area (Å²) in [5, 5.41) is 7.59. The van der Waals surface area contributed by atoms with Gasteiger partial charge in [-0.1, -0.05) is 42.0 Å². The zero-order valence-electron chi connectivity index (χ0n) is 17.0. The summed E-state index contributed by atoms with van der Waals surface area (Å²) < 4.78 is 1.72. The second kappa shape index (κ2) is 7.47. The largest absolute Gasteiger partial charge is 0.326 e. The SMILES string of the molecule is Cc1ccc(-c2nc3nc(C)c(CC(=O)Nc4cccc(C)c4)c(C)n3n2)cc1. The second-order valence-corrected chi connectivity index (χ2v) is 7.37. The standard InChI is InChI=1S/C23H23N5O/c1-14-8-10-18(11-9-14)22-26-23-24-16(3)20(17(4)28(23)27-22)13-21(29)25-19-7-5-6-15(2)12-19/h5-12H,13H2,1-4H3,(H,25,29). The van der Waals surface area contributed by atoms with E-state index in [0.717, 1.165) is 33.8 Å². The van der Waals surface area contributed by atoms with Crippen LogP contribution in [-0.2, 0) is 11.2 Å². The van der Waals surface area contributed by atoms with E-state index in [0.29, 0.717) is 11.6 Å². The first-order valence-electron chi connectivity index (χ1n) is 9.57. The average Bonchev–Trinajstić information content (AvgIpc) is 3.10. The van der Waals surface area contributed by atoms with Gasteiger partial charge in [0.05, 0.1) is 6.42 Å². The molecule has 4 aromatic rings. The van der Waals surface area contributed by atoms with Crippen molar-refractivity contribution in [1.82, 2.24) is 19.6 Å². The van der Waals surface area contributed by atoms with Gasteiger partial charge in [0, 0.05) is 28.2 Å². The van der Waals surface area contributed by atoms with Crippen LogP contribution in [0.5, 0.6) is 0 Å². The monoisotopic (exact) mass is 385 g/mol. The zero-order chi connectivity index (χ0) is 20.5. The number of anilines is 1. The van der Waals surface area contributed by atoms with Gasteiger partial charge in [0.2, 0.25) is 5.91 Å². The third-order valence-electron chi connectivity index (χ3n) is 5.00. The van der Waals surface area contributed by atoms with Crippen LogP contribution < -0.4 is 5.32 Å². The fourth-order valence-electron chi connectivity index (χ4n) is 3.38. The molecule has 0 aliphatic carbocycles. The summed E-state index contributed by atoms with van der Waals surface area (Å²) in [5.74, 6) is 1.08.